The predicted octanol–water partition coefficient (Wildman–Crippen LogP) is 5.06. The highest BCUT2D eigenvalue weighted by Gasteiger charge is 2.36. The molecule has 39 heavy (non-hydrogen) atoms. The molecule has 0 saturated heterocycles. The number of methoxy groups -OCH3 is 2. The quantitative estimate of drug-likeness (QED) is 0.435. The topological polar surface area (TPSA) is 86.3 Å². The maximum absolute atomic E-state index is 14.3. The van der Waals surface area contributed by atoms with Crippen molar-refractivity contribution in [3.8, 4) is 23.0 Å². The van der Waals surface area contributed by atoms with Gasteiger partial charge in [-0.05, 0) is 48.7 Å². The molecule has 1 saturated carbocycles. The summed E-state index contributed by atoms with van der Waals surface area (Å²) in [6.45, 7) is 0.785. The number of carbonyl (C=O) groups excluding carboxylic acids is 2. The molecule has 0 unspecified atom stereocenters. The van der Waals surface area contributed by atoms with Crippen LogP contribution in [0.15, 0.2) is 60.7 Å². The summed E-state index contributed by atoms with van der Waals surface area (Å²) in [4.78, 5) is 29.7. The highest BCUT2D eigenvalue weighted by Crippen LogP contribution is 2.37. The van der Waals surface area contributed by atoms with Gasteiger partial charge in [-0.1, -0.05) is 25.0 Å². The maximum Gasteiger partial charge on any atom is 0.259 e. The monoisotopic (exact) mass is 534 g/mol. The average Bonchev–Trinajstić information content (AvgIpc) is 3.48. The van der Waals surface area contributed by atoms with Gasteiger partial charge in [0, 0.05) is 29.8 Å². The van der Waals surface area contributed by atoms with Gasteiger partial charge in [0.1, 0.15) is 36.6 Å². The van der Waals surface area contributed by atoms with Crippen LogP contribution in [0.1, 0.15) is 47.6 Å². The molecule has 2 aliphatic rings. The lowest BCUT2D eigenvalue weighted by Crippen LogP contribution is -2.46. The summed E-state index contributed by atoms with van der Waals surface area (Å²) < 4.78 is 36.2. The Morgan fingerprint density at radius 3 is 2.18 bits per heavy atom. The van der Waals surface area contributed by atoms with Crippen LogP contribution in [0.3, 0.4) is 0 Å². The minimum atomic E-state index is -1.11. The first-order valence-electron chi connectivity index (χ1n) is 13.0. The Morgan fingerprint density at radius 1 is 0.897 bits per heavy atom. The molecule has 1 heterocycles. The van der Waals surface area contributed by atoms with Crippen LogP contribution in [0.25, 0.3) is 0 Å². The van der Waals surface area contributed by atoms with E-state index in [0.29, 0.717) is 53.0 Å². The summed E-state index contributed by atoms with van der Waals surface area (Å²) in [5, 5.41) is 3.12. The molecule has 1 aliphatic carbocycles. The second-order valence-corrected chi connectivity index (χ2v) is 9.55. The van der Waals surface area contributed by atoms with E-state index >= 15 is 0 Å². The lowest BCUT2D eigenvalue weighted by atomic mass is 10.0. The van der Waals surface area contributed by atoms with Crippen LogP contribution in [0.4, 0.5) is 10.1 Å². The Balaban J connectivity index is 1.65. The summed E-state index contributed by atoms with van der Waals surface area (Å²) in [5.74, 6) is 0.614. The minimum absolute atomic E-state index is 0.00605. The van der Waals surface area contributed by atoms with Crippen molar-refractivity contribution in [2.75, 3.05) is 32.3 Å². The van der Waals surface area contributed by atoms with Crippen molar-refractivity contribution in [3.63, 3.8) is 0 Å². The molecule has 0 aromatic heterocycles. The molecule has 9 heteroatoms. The van der Waals surface area contributed by atoms with Gasteiger partial charge in [-0.2, -0.15) is 0 Å². The third-order valence-electron chi connectivity index (χ3n) is 7.02. The van der Waals surface area contributed by atoms with Crippen molar-refractivity contribution in [1.82, 2.24) is 5.32 Å². The smallest absolute Gasteiger partial charge is 0.259 e. The number of anilines is 1. The van der Waals surface area contributed by atoms with Crippen molar-refractivity contribution in [2.45, 2.75) is 37.8 Å². The standard InChI is InChI=1S/C30H31FN2O6/c1-36-24-16-23(17-25(18-24)37-2)33(30(35)20-9-12-26-27(15-20)39-14-13-38-26)28(19-7-10-21(31)11-8-19)29(34)32-22-5-3-4-6-22/h7-12,15-18,22,28H,3-6,13-14H2,1-2H3,(H,32,34)/t28-/m1/s1. The fraction of sp³-hybridized carbons (Fsp3) is 0.333. The number of halogens is 1. The zero-order chi connectivity index (χ0) is 27.4. The van der Waals surface area contributed by atoms with Crippen molar-refractivity contribution in [1.29, 1.82) is 0 Å². The summed E-state index contributed by atoms with van der Waals surface area (Å²) in [5.41, 5.74) is 1.13. The summed E-state index contributed by atoms with van der Waals surface area (Å²) in [6, 6.07) is 14.4. The van der Waals surface area contributed by atoms with Crippen LogP contribution in [0.2, 0.25) is 0 Å². The van der Waals surface area contributed by atoms with E-state index in [9.17, 15) is 14.0 Å². The first kappa shape index (κ1) is 26.3. The van der Waals surface area contributed by atoms with E-state index in [0.717, 1.165) is 25.7 Å². The molecule has 204 valence electrons. The molecule has 0 radical (unpaired) electrons. The van der Waals surface area contributed by atoms with Gasteiger partial charge >= 0.3 is 0 Å². The third-order valence-corrected chi connectivity index (χ3v) is 7.02. The first-order valence-corrected chi connectivity index (χ1v) is 13.0. The maximum atomic E-state index is 14.3. The van der Waals surface area contributed by atoms with Crippen LogP contribution < -0.4 is 29.2 Å². The second-order valence-electron chi connectivity index (χ2n) is 9.55. The number of fused-ring (bicyclic) bond motifs is 1. The van der Waals surface area contributed by atoms with Gasteiger partial charge in [0.15, 0.2) is 11.5 Å². The molecule has 1 N–H and O–H groups in total. The van der Waals surface area contributed by atoms with Crippen LogP contribution in [-0.4, -0.2) is 45.3 Å². The molecule has 3 aromatic rings. The number of nitrogens with zero attached hydrogens (tertiary/aromatic N) is 1. The van der Waals surface area contributed by atoms with Gasteiger partial charge < -0.3 is 24.3 Å². The summed E-state index contributed by atoms with van der Waals surface area (Å²) in [7, 11) is 3.02. The lowest BCUT2D eigenvalue weighted by Gasteiger charge is -2.33. The van der Waals surface area contributed by atoms with Gasteiger partial charge in [-0.15, -0.1) is 0 Å². The fourth-order valence-electron chi connectivity index (χ4n) is 5.04. The van der Waals surface area contributed by atoms with Crippen molar-refractivity contribution < 1.29 is 32.9 Å². The van der Waals surface area contributed by atoms with Gasteiger partial charge in [-0.25, -0.2) is 4.39 Å². The Hall–Kier alpha value is -4.27. The van der Waals surface area contributed by atoms with Crippen molar-refractivity contribution in [3.05, 3.63) is 77.6 Å². The number of rotatable bonds is 8. The van der Waals surface area contributed by atoms with E-state index in [2.05, 4.69) is 5.32 Å². The average molecular weight is 535 g/mol. The Bertz CT molecular complexity index is 1320. The van der Waals surface area contributed by atoms with E-state index in [-0.39, 0.29) is 11.9 Å². The van der Waals surface area contributed by atoms with Crippen LogP contribution in [0, 0.1) is 5.82 Å². The van der Waals surface area contributed by atoms with Gasteiger partial charge in [0.05, 0.1) is 19.9 Å². The second kappa shape index (κ2) is 11.6. The fourth-order valence-corrected chi connectivity index (χ4v) is 5.04. The largest absolute Gasteiger partial charge is 0.497 e. The zero-order valence-corrected chi connectivity index (χ0v) is 21.9. The van der Waals surface area contributed by atoms with Crippen molar-refractivity contribution in [2.24, 2.45) is 0 Å². The van der Waals surface area contributed by atoms with E-state index in [1.807, 2.05) is 0 Å². The number of hydrogen-bond acceptors (Lipinski definition) is 6. The zero-order valence-electron chi connectivity index (χ0n) is 21.9. The first-order chi connectivity index (χ1) is 19.0. The molecule has 1 aliphatic heterocycles. The SMILES string of the molecule is COc1cc(OC)cc(N(C(=O)c2ccc3c(c2)OCCO3)[C@@H](C(=O)NC2CCCC2)c2ccc(F)cc2)c1. The molecule has 5 rings (SSSR count). The van der Waals surface area contributed by atoms with E-state index < -0.39 is 17.8 Å². The number of benzene rings is 3. The van der Waals surface area contributed by atoms with Gasteiger partial charge in [0.25, 0.3) is 5.91 Å². The third kappa shape index (κ3) is 5.77. The van der Waals surface area contributed by atoms with Crippen molar-refractivity contribution >= 4 is 17.5 Å². The Morgan fingerprint density at radius 2 is 1.54 bits per heavy atom. The molecular weight excluding hydrogens is 503 g/mol. The molecule has 3 aromatic carbocycles. The van der Waals surface area contributed by atoms with E-state index in [1.54, 1.807) is 36.4 Å². The number of hydrogen-bond donors (Lipinski definition) is 1. The van der Waals surface area contributed by atoms with E-state index in [4.69, 9.17) is 18.9 Å². The summed E-state index contributed by atoms with van der Waals surface area (Å²) >= 11 is 0. The molecule has 2 amide bonds. The molecule has 0 spiro atoms. The molecular formula is C30H31FN2O6. The highest BCUT2D eigenvalue weighted by molar-refractivity contribution is 6.10. The highest BCUT2D eigenvalue weighted by atomic mass is 19.1. The Kier molecular flexibility index (Phi) is 7.86. The number of ether oxygens (including phenoxy) is 4. The van der Waals surface area contributed by atoms with Crippen LogP contribution >= 0.6 is 0 Å². The predicted molar refractivity (Wildman–Crippen MR) is 143 cm³/mol. The molecule has 1 atom stereocenters. The lowest BCUT2D eigenvalue weighted by molar-refractivity contribution is -0.123. The number of nitrogens with one attached hydrogen (secondary N) is 1. The molecule has 8 nitrogen and oxygen atoms in total. The normalized spacial score (nSPS) is 15.4. The van der Waals surface area contributed by atoms with E-state index in [1.165, 1.54) is 43.4 Å². The number of carbonyl (C=O) groups is 2. The number of amides is 2. The Labute approximate surface area is 226 Å². The van der Waals surface area contributed by atoms with Gasteiger partial charge in [-0.3, -0.25) is 14.5 Å². The van der Waals surface area contributed by atoms with Crippen LogP contribution in [0.5, 0.6) is 23.0 Å². The van der Waals surface area contributed by atoms with Gasteiger partial charge in [0.2, 0.25) is 5.91 Å². The summed E-state index contributed by atoms with van der Waals surface area (Å²) in [6.07, 6.45) is 3.79. The minimum Gasteiger partial charge on any atom is -0.497 e. The molecule has 1 fully saturated rings. The molecule has 0 bridgehead atoms. The van der Waals surface area contributed by atoms with Crippen LogP contribution in [-0.2, 0) is 4.79 Å².